The Hall–Kier alpha value is -1.82. The number of aryl methyl sites for hydroxylation is 1. The van der Waals surface area contributed by atoms with Crippen molar-refractivity contribution in [2.75, 3.05) is 0 Å². The lowest BCUT2D eigenvalue weighted by atomic mass is 9.94. The lowest BCUT2D eigenvalue weighted by molar-refractivity contribution is 0.0550. The van der Waals surface area contributed by atoms with E-state index in [9.17, 15) is 5.11 Å². The second-order valence-corrected chi connectivity index (χ2v) is 3.89. The molecule has 2 aromatic heterocycles. The second kappa shape index (κ2) is 3.97. The van der Waals surface area contributed by atoms with Gasteiger partial charge in [0.25, 0.3) is 0 Å². The maximum Gasteiger partial charge on any atom is 0.178 e. The number of tetrazole rings is 1. The van der Waals surface area contributed by atoms with Crippen LogP contribution in [-0.2, 0) is 19.1 Å². The molecule has 0 amide bonds. The molecule has 16 heavy (non-hydrogen) atoms. The van der Waals surface area contributed by atoms with E-state index in [4.69, 9.17) is 0 Å². The first-order valence-corrected chi connectivity index (χ1v) is 4.94. The third-order valence-electron chi connectivity index (χ3n) is 2.34. The average molecular weight is 219 g/mol. The maximum atomic E-state index is 10.3. The molecular formula is C10H13N5O. The number of hydrogen-bond donors (Lipinski definition) is 1. The molecule has 0 radical (unpaired) electrons. The molecule has 0 saturated carbocycles. The van der Waals surface area contributed by atoms with Crippen LogP contribution in [0.5, 0.6) is 0 Å². The van der Waals surface area contributed by atoms with Gasteiger partial charge in [-0.25, -0.2) is 0 Å². The minimum atomic E-state index is -1.03. The van der Waals surface area contributed by atoms with Gasteiger partial charge in [0.05, 0.1) is 12.6 Å². The molecule has 6 nitrogen and oxygen atoms in total. The lowest BCUT2D eigenvalue weighted by Crippen LogP contribution is -2.25. The smallest absolute Gasteiger partial charge is 0.178 e. The van der Waals surface area contributed by atoms with Crippen LogP contribution in [0.4, 0.5) is 0 Å². The molecule has 1 atom stereocenters. The molecule has 2 aromatic rings. The van der Waals surface area contributed by atoms with Gasteiger partial charge in [-0.1, -0.05) is 6.07 Å². The van der Waals surface area contributed by atoms with Gasteiger partial charge in [0.15, 0.2) is 5.82 Å². The van der Waals surface area contributed by atoms with Gasteiger partial charge in [-0.05, 0) is 18.2 Å². The maximum absolute atomic E-state index is 10.3. The second-order valence-electron chi connectivity index (χ2n) is 3.89. The Morgan fingerprint density at radius 3 is 2.88 bits per heavy atom. The predicted molar refractivity (Wildman–Crippen MR) is 56.3 cm³/mol. The van der Waals surface area contributed by atoms with E-state index in [1.807, 2.05) is 6.07 Å². The summed E-state index contributed by atoms with van der Waals surface area (Å²) in [7, 11) is 1.69. The molecule has 0 fully saturated rings. The van der Waals surface area contributed by atoms with Gasteiger partial charge >= 0.3 is 0 Å². The van der Waals surface area contributed by atoms with E-state index in [0.29, 0.717) is 12.2 Å². The summed E-state index contributed by atoms with van der Waals surface area (Å²) in [5, 5.41) is 21.9. The van der Waals surface area contributed by atoms with E-state index in [1.54, 1.807) is 32.4 Å². The molecule has 6 heteroatoms. The number of pyridine rings is 1. The van der Waals surface area contributed by atoms with E-state index in [1.165, 1.54) is 4.80 Å². The van der Waals surface area contributed by atoms with Gasteiger partial charge < -0.3 is 5.11 Å². The van der Waals surface area contributed by atoms with Gasteiger partial charge in [0, 0.05) is 24.4 Å². The largest absolute Gasteiger partial charge is 0.385 e. The van der Waals surface area contributed by atoms with Crippen molar-refractivity contribution in [3.63, 3.8) is 0 Å². The fourth-order valence-electron chi connectivity index (χ4n) is 1.49. The van der Waals surface area contributed by atoms with Gasteiger partial charge in [-0.15, -0.1) is 10.2 Å². The van der Waals surface area contributed by atoms with Crippen LogP contribution < -0.4 is 0 Å². The van der Waals surface area contributed by atoms with E-state index in [-0.39, 0.29) is 0 Å². The van der Waals surface area contributed by atoms with Crippen molar-refractivity contribution in [1.29, 1.82) is 0 Å². The van der Waals surface area contributed by atoms with Crippen molar-refractivity contribution in [3.8, 4) is 0 Å². The highest BCUT2D eigenvalue weighted by molar-refractivity contribution is 5.18. The number of aromatic nitrogens is 5. The molecule has 0 saturated heterocycles. The highest BCUT2D eigenvalue weighted by Crippen LogP contribution is 2.22. The van der Waals surface area contributed by atoms with Crippen molar-refractivity contribution in [1.82, 2.24) is 25.2 Å². The van der Waals surface area contributed by atoms with Crippen LogP contribution in [-0.4, -0.2) is 30.3 Å². The van der Waals surface area contributed by atoms with Crippen LogP contribution >= 0.6 is 0 Å². The first-order valence-electron chi connectivity index (χ1n) is 4.94. The number of aliphatic hydroxyl groups is 1. The standard InChI is InChI=1S/C10H13N5O/c1-10(16,8-4-3-5-11-7-8)6-9-12-14-15(2)13-9/h3-5,7,16H,6H2,1-2H3. The molecule has 0 aliphatic rings. The Balaban J connectivity index is 2.20. The van der Waals surface area contributed by atoms with Crippen molar-refractivity contribution >= 4 is 0 Å². The summed E-state index contributed by atoms with van der Waals surface area (Å²) < 4.78 is 0. The van der Waals surface area contributed by atoms with Crippen molar-refractivity contribution in [2.45, 2.75) is 18.9 Å². The third-order valence-corrected chi connectivity index (χ3v) is 2.34. The molecule has 0 aliphatic carbocycles. The summed E-state index contributed by atoms with van der Waals surface area (Å²) in [6, 6.07) is 3.61. The zero-order valence-corrected chi connectivity index (χ0v) is 9.20. The molecule has 0 spiro atoms. The number of nitrogens with zero attached hydrogens (tertiary/aromatic N) is 5. The monoisotopic (exact) mass is 219 g/mol. The van der Waals surface area contributed by atoms with Crippen molar-refractivity contribution < 1.29 is 5.11 Å². The number of rotatable bonds is 3. The zero-order valence-electron chi connectivity index (χ0n) is 9.20. The molecule has 1 unspecified atom stereocenters. The average Bonchev–Trinajstić information content (AvgIpc) is 2.64. The first kappa shape index (κ1) is 10.7. The predicted octanol–water partition coefficient (Wildman–Crippen LogP) is 0.0553. The molecule has 0 aromatic carbocycles. The Bertz CT molecular complexity index is 465. The van der Waals surface area contributed by atoms with Gasteiger partial charge in [-0.3, -0.25) is 4.98 Å². The van der Waals surface area contributed by atoms with Crippen LogP contribution in [0.1, 0.15) is 18.3 Å². The molecule has 1 N–H and O–H groups in total. The van der Waals surface area contributed by atoms with E-state index in [2.05, 4.69) is 20.4 Å². The van der Waals surface area contributed by atoms with Gasteiger partial charge in [-0.2, -0.15) is 4.80 Å². The molecule has 0 aliphatic heterocycles. The fourth-order valence-corrected chi connectivity index (χ4v) is 1.49. The summed E-state index contributed by atoms with van der Waals surface area (Å²) >= 11 is 0. The van der Waals surface area contributed by atoms with E-state index >= 15 is 0 Å². The van der Waals surface area contributed by atoms with Crippen LogP contribution in [0.25, 0.3) is 0 Å². The highest BCUT2D eigenvalue weighted by atomic mass is 16.3. The minimum Gasteiger partial charge on any atom is -0.385 e. The fraction of sp³-hybridized carbons (Fsp3) is 0.400. The summed E-state index contributed by atoms with van der Waals surface area (Å²) in [6.45, 7) is 1.71. The Labute approximate surface area is 92.9 Å². The minimum absolute atomic E-state index is 0.312. The summed E-state index contributed by atoms with van der Waals surface area (Å²) in [6.07, 6.45) is 3.61. The molecule has 2 rings (SSSR count). The normalized spacial score (nSPS) is 14.7. The van der Waals surface area contributed by atoms with Gasteiger partial charge in [0.2, 0.25) is 0 Å². The summed E-state index contributed by atoms with van der Waals surface area (Å²) in [5.41, 5.74) is -0.292. The highest BCUT2D eigenvalue weighted by Gasteiger charge is 2.25. The quantitative estimate of drug-likeness (QED) is 0.789. The van der Waals surface area contributed by atoms with Crippen molar-refractivity contribution in [2.24, 2.45) is 7.05 Å². The topological polar surface area (TPSA) is 76.7 Å². The first-order chi connectivity index (χ1) is 7.58. The zero-order chi connectivity index (χ0) is 11.6. The van der Waals surface area contributed by atoms with Crippen LogP contribution in [0, 0.1) is 0 Å². The Morgan fingerprint density at radius 2 is 2.31 bits per heavy atom. The summed E-state index contributed by atoms with van der Waals surface area (Å²) in [4.78, 5) is 5.35. The van der Waals surface area contributed by atoms with Crippen LogP contribution in [0.3, 0.4) is 0 Å². The van der Waals surface area contributed by atoms with Gasteiger partial charge in [0.1, 0.15) is 0 Å². The van der Waals surface area contributed by atoms with E-state index < -0.39 is 5.60 Å². The lowest BCUT2D eigenvalue weighted by Gasteiger charge is -2.21. The van der Waals surface area contributed by atoms with Crippen LogP contribution in [0.15, 0.2) is 24.5 Å². The van der Waals surface area contributed by atoms with Crippen LogP contribution in [0.2, 0.25) is 0 Å². The molecule has 0 bridgehead atoms. The summed E-state index contributed by atoms with van der Waals surface area (Å²) in [5.74, 6) is 0.511. The number of hydrogen-bond acceptors (Lipinski definition) is 5. The van der Waals surface area contributed by atoms with Crippen molar-refractivity contribution in [3.05, 3.63) is 35.9 Å². The Morgan fingerprint density at radius 1 is 1.50 bits per heavy atom. The Kier molecular flexibility index (Phi) is 2.66. The third kappa shape index (κ3) is 2.22. The molecular weight excluding hydrogens is 206 g/mol. The SMILES string of the molecule is Cn1nnc(CC(C)(O)c2cccnc2)n1. The van der Waals surface area contributed by atoms with E-state index in [0.717, 1.165) is 5.56 Å². The molecule has 2 heterocycles. The molecule has 84 valence electrons.